The van der Waals surface area contributed by atoms with E-state index < -0.39 is 0 Å². The Morgan fingerprint density at radius 3 is 2.30 bits per heavy atom. The highest BCUT2D eigenvalue weighted by molar-refractivity contribution is 5.86. The van der Waals surface area contributed by atoms with Gasteiger partial charge in [0.15, 0.2) is 5.78 Å². The second kappa shape index (κ2) is 4.04. The van der Waals surface area contributed by atoms with Crippen LogP contribution in [0.5, 0.6) is 0 Å². The largest absolute Gasteiger partial charge is 0.347 e. The quantitative estimate of drug-likeness (QED) is 0.625. The van der Waals surface area contributed by atoms with E-state index in [1.807, 2.05) is 0 Å². The van der Waals surface area contributed by atoms with E-state index in [0.717, 1.165) is 0 Å². The summed E-state index contributed by atoms with van der Waals surface area (Å²) in [5.41, 5.74) is 0. The number of Topliss-reactive ketones (excluding diaryl/α,β-unsaturated/α-hetero) is 1. The lowest BCUT2D eigenvalue weighted by atomic mass is 10.2. The van der Waals surface area contributed by atoms with Gasteiger partial charge in [-0.3, -0.25) is 9.59 Å². The molecule has 0 spiro atoms. The molecule has 0 saturated carbocycles. The number of rotatable bonds is 3. The molecular weight excluding hydrogens is 130 g/mol. The SMILES string of the molecule is CCC(=O)N[C@H](C)C(C)=O. The molecule has 0 heterocycles. The van der Waals surface area contributed by atoms with Gasteiger partial charge < -0.3 is 5.32 Å². The van der Waals surface area contributed by atoms with Gasteiger partial charge in [-0.2, -0.15) is 0 Å². The van der Waals surface area contributed by atoms with Crippen LogP contribution < -0.4 is 5.32 Å². The molecule has 3 heteroatoms. The van der Waals surface area contributed by atoms with E-state index >= 15 is 0 Å². The molecule has 0 fully saturated rings. The molecule has 1 amide bonds. The van der Waals surface area contributed by atoms with Crippen molar-refractivity contribution in [2.75, 3.05) is 0 Å². The molecular formula is C7H13NO2. The molecule has 0 saturated heterocycles. The first-order valence-electron chi connectivity index (χ1n) is 3.37. The zero-order valence-electron chi connectivity index (χ0n) is 6.60. The Morgan fingerprint density at radius 2 is 2.00 bits per heavy atom. The van der Waals surface area contributed by atoms with E-state index in [4.69, 9.17) is 0 Å². The number of hydrogen-bond donors (Lipinski definition) is 1. The number of ketones is 1. The Labute approximate surface area is 60.8 Å². The topological polar surface area (TPSA) is 46.2 Å². The second-order valence-corrected chi connectivity index (χ2v) is 2.25. The average Bonchev–Trinajstić information content (AvgIpc) is 1.87. The molecule has 0 aliphatic carbocycles. The van der Waals surface area contributed by atoms with Crippen molar-refractivity contribution in [2.24, 2.45) is 0 Å². The molecule has 0 aliphatic rings. The van der Waals surface area contributed by atoms with Gasteiger partial charge in [-0.15, -0.1) is 0 Å². The van der Waals surface area contributed by atoms with Crippen LogP contribution in [0.2, 0.25) is 0 Å². The van der Waals surface area contributed by atoms with E-state index in [0.29, 0.717) is 6.42 Å². The molecule has 0 bridgehead atoms. The van der Waals surface area contributed by atoms with Gasteiger partial charge in [-0.25, -0.2) is 0 Å². The molecule has 0 rings (SSSR count). The van der Waals surface area contributed by atoms with Crippen LogP contribution in [0, 0.1) is 0 Å². The number of nitrogens with one attached hydrogen (secondary N) is 1. The molecule has 0 aromatic carbocycles. The highest BCUT2D eigenvalue weighted by atomic mass is 16.2. The molecule has 58 valence electrons. The third kappa shape index (κ3) is 3.22. The Bertz CT molecular complexity index is 143. The fraction of sp³-hybridized carbons (Fsp3) is 0.714. The Morgan fingerprint density at radius 1 is 1.50 bits per heavy atom. The minimum absolute atomic E-state index is 0.0122. The van der Waals surface area contributed by atoms with E-state index in [1.54, 1.807) is 13.8 Å². The summed E-state index contributed by atoms with van der Waals surface area (Å²) >= 11 is 0. The second-order valence-electron chi connectivity index (χ2n) is 2.25. The van der Waals surface area contributed by atoms with Gasteiger partial charge in [0.05, 0.1) is 6.04 Å². The maximum atomic E-state index is 10.7. The summed E-state index contributed by atoms with van der Waals surface area (Å²) in [5.74, 6) is -0.0931. The third-order valence-corrected chi connectivity index (χ3v) is 1.31. The Balaban J connectivity index is 3.68. The normalized spacial score (nSPS) is 12.3. The van der Waals surface area contributed by atoms with Crippen molar-refractivity contribution < 1.29 is 9.59 Å². The number of carbonyl (C=O) groups excluding carboxylic acids is 2. The smallest absolute Gasteiger partial charge is 0.220 e. The van der Waals surface area contributed by atoms with Crippen molar-refractivity contribution in [2.45, 2.75) is 33.2 Å². The first kappa shape index (κ1) is 9.14. The van der Waals surface area contributed by atoms with Gasteiger partial charge in [0, 0.05) is 6.42 Å². The molecule has 0 aromatic rings. The fourth-order valence-electron chi connectivity index (χ4n) is 0.445. The zero-order valence-corrected chi connectivity index (χ0v) is 6.60. The standard InChI is InChI=1S/C7H13NO2/c1-4-7(10)8-5(2)6(3)9/h5H,4H2,1-3H3,(H,8,10)/t5-/m1/s1. The molecule has 0 aromatic heterocycles. The fourth-order valence-corrected chi connectivity index (χ4v) is 0.445. The maximum absolute atomic E-state index is 10.7. The van der Waals surface area contributed by atoms with Crippen LogP contribution in [0.1, 0.15) is 27.2 Å². The van der Waals surface area contributed by atoms with E-state index in [9.17, 15) is 9.59 Å². The monoisotopic (exact) mass is 143 g/mol. The lowest BCUT2D eigenvalue weighted by molar-refractivity contribution is -0.126. The van der Waals surface area contributed by atoms with E-state index in [-0.39, 0.29) is 17.7 Å². The molecule has 1 N–H and O–H groups in total. The highest BCUT2D eigenvalue weighted by Crippen LogP contribution is 1.84. The van der Waals surface area contributed by atoms with Gasteiger partial charge in [-0.05, 0) is 13.8 Å². The number of hydrogen-bond acceptors (Lipinski definition) is 2. The summed E-state index contributed by atoms with van der Waals surface area (Å²) in [5, 5.41) is 2.54. The summed E-state index contributed by atoms with van der Waals surface area (Å²) in [4.78, 5) is 21.2. The van der Waals surface area contributed by atoms with Crippen molar-refractivity contribution in [1.29, 1.82) is 0 Å². The van der Waals surface area contributed by atoms with Crippen LogP contribution in [0.4, 0.5) is 0 Å². The van der Waals surface area contributed by atoms with Crippen molar-refractivity contribution >= 4 is 11.7 Å². The van der Waals surface area contributed by atoms with Crippen LogP contribution in [-0.2, 0) is 9.59 Å². The minimum Gasteiger partial charge on any atom is -0.347 e. The minimum atomic E-state index is -0.340. The number of carbonyl (C=O) groups is 2. The van der Waals surface area contributed by atoms with Crippen molar-refractivity contribution in [3.63, 3.8) is 0 Å². The summed E-state index contributed by atoms with van der Waals surface area (Å²) in [7, 11) is 0. The lowest BCUT2D eigenvalue weighted by Crippen LogP contribution is -2.36. The highest BCUT2D eigenvalue weighted by Gasteiger charge is 2.08. The van der Waals surface area contributed by atoms with Gasteiger partial charge in [0.25, 0.3) is 0 Å². The summed E-state index contributed by atoms with van der Waals surface area (Å²) < 4.78 is 0. The van der Waals surface area contributed by atoms with E-state index in [2.05, 4.69) is 5.32 Å². The van der Waals surface area contributed by atoms with Gasteiger partial charge in [-0.1, -0.05) is 6.92 Å². The van der Waals surface area contributed by atoms with Crippen LogP contribution in [0.3, 0.4) is 0 Å². The predicted molar refractivity (Wildman–Crippen MR) is 38.6 cm³/mol. The zero-order chi connectivity index (χ0) is 8.15. The van der Waals surface area contributed by atoms with Crippen LogP contribution in [-0.4, -0.2) is 17.7 Å². The Hall–Kier alpha value is -0.860. The van der Waals surface area contributed by atoms with Gasteiger partial charge in [0.1, 0.15) is 0 Å². The summed E-state index contributed by atoms with van der Waals surface area (Å²) in [6.45, 7) is 4.89. The molecule has 0 radical (unpaired) electrons. The van der Waals surface area contributed by atoms with Crippen LogP contribution in [0.25, 0.3) is 0 Å². The lowest BCUT2D eigenvalue weighted by Gasteiger charge is -2.08. The van der Waals surface area contributed by atoms with Crippen molar-refractivity contribution in [3.05, 3.63) is 0 Å². The van der Waals surface area contributed by atoms with Crippen molar-refractivity contribution in [3.8, 4) is 0 Å². The molecule has 1 atom stereocenters. The molecule has 3 nitrogen and oxygen atoms in total. The number of amides is 1. The maximum Gasteiger partial charge on any atom is 0.220 e. The molecule has 0 unspecified atom stereocenters. The Kier molecular flexibility index (Phi) is 3.69. The van der Waals surface area contributed by atoms with E-state index in [1.165, 1.54) is 6.92 Å². The predicted octanol–water partition coefficient (Wildman–Crippen LogP) is 0.490. The molecule has 0 aliphatic heterocycles. The van der Waals surface area contributed by atoms with Gasteiger partial charge in [0.2, 0.25) is 5.91 Å². The summed E-state index contributed by atoms with van der Waals surface area (Å²) in [6, 6.07) is -0.340. The first-order valence-corrected chi connectivity index (χ1v) is 3.37. The van der Waals surface area contributed by atoms with Crippen LogP contribution >= 0.6 is 0 Å². The third-order valence-electron chi connectivity index (χ3n) is 1.31. The first-order chi connectivity index (χ1) is 4.57. The molecule has 10 heavy (non-hydrogen) atoms. The van der Waals surface area contributed by atoms with Crippen LogP contribution in [0.15, 0.2) is 0 Å². The average molecular weight is 143 g/mol. The van der Waals surface area contributed by atoms with Gasteiger partial charge >= 0.3 is 0 Å². The van der Waals surface area contributed by atoms with Crippen molar-refractivity contribution in [1.82, 2.24) is 5.32 Å². The summed E-state index contributed by atoms with van der Waals surface area (Å²) in [6.07, 6.45) is 0.428.